The van der Waals surface area contributed by atoms with Crippen LogP contribution >= 0.6 is 0 Å². The minimum absolute atomic E-state index is 0.122. The number of aromatic amines is 1. The Morgan fingerprint density at radius 1 is 1.32 bits per heavy atom. The summed E-state index contributed by atoms with van der Waals surface area (Å²) in [6, 6.07) is 3.16. The number of hydrogen-bond acceptors (Lipinski definition) is 4. The van der Waals surface area contributed by atoms with Gasteiger partial charge in [0.1, 0.15) is 11.4 Å². The normalized spacial score (nSPS) is 28.1. The first-order valence-corrected chi connectivity index (χ1v) is 7.82. The van der Waals surface area contributed by atoms with Gasteiger partial charge in [0.15, 0.2) is 0 Å². The Bertz CT molecular complexity index is 582. The molecule has 1 aliphatic heterocycles. The zero-order chi connectivity index (χ0) is 15.7. The molecule has 1 aliphatic carbocycles. The number of H-pyrrole nitrogens is 1. The van der Waals surface area contributed by atoms with Gasteiger partial charge in [-0.1, -0.05) is 12.8 Å². The van der Waals surface area contributed by atoms with Gasteiger partial charge in [0.05, 0.1) is 12.7 Å². The van der Waals surface area contributed by atoms with Crippen LogP contribution in [-0.2, 0) is 4.74 Å². The molecule has 3 rings (SSSR count). The summed E-state index contributed by atoms with van der Waals surface area (Å²) in [5.74, 6) is -0.448. The lowest BCUT2D eigenvalue weighted by Gasteiger charge is -2.47. The van der Waals surface area contributed by atoms with E-state index in [1.807, 2.05) is 0 Å². The molecule has 2 atom stereocenters. The van der Waals surface area contributed by atoms with Crippen molar-refractivity contribution in [2.45, 2.75) is 37.7 Å². The molecule has 0 spiro atoms. The highest BCUT2D eigenvalue weighted by Gasteiger charge is 2.43. The second-order valence-corrected chi connectivity index (χ2v) is 6.32. The Kier molecular flexibility index (Phi) is 3.95. The predicted molar refractivity (Wildman–Crippen MR) is 79.6 cm³/mol. The van der Waals surface area contributed by atoms with Gasteiger partial charge in [-0.2, -0.15) is 0 Å². The maximum atomic E-state index is 12.6. The van der Waals surface area contributed by atoms with Crippen molar-refractivity contribution in [2.75, 3.05) is 20.2 Å². The number of amides is 1. The molecule has 2 heterocycles. The number of likely N-dealkylation sites (tertiary alicyclic amines) is 1. The van der Waals surface area contributed by atoms with Gasteiger partial charge in [0, 0.05) is 19.0 Å². The number of aromatic nitrogens is 1. The van der Waals surface area contributed by atoms with Crippen LogP contribution in [0.25, 0.3) is 0 Å². The molecule has 0 aromatic carbocycles. The lowest BCUT2D eigenvalue weighted by atomic mass is 9.71. The highest BCUT2D eigenvalue weighted by Crippen LogP contribution is 2.39. The number of aliphatic hydroxyl groups is 1. The number of carbonyl (C=O) groups excluding carboxylic acids is 2. The third-order valence-corrected chi connectivity index (χ3v) is 5.04. The molecule has 0 radical (unpaired) electrons. The Hall–Kier alpha value is -1.82. The van der Waals surface area contributed by atoms with Crippen molar-refractivity contribution in [1.29, 1.82) is 0 Å². The van der Waals surface area contributed by atoms with Crippen molar-refractivity contribution in [3.8, 4) is 0 Å². The fourth-order valence-corrected chi connectivity index (χ4v) is 3.67. The van der Waals surface area contributed by atoms with E-state index in [4.69, 9.17) is 0 Å². The fourth-order valence-electron chi connectivity index (χ4n) is 3.67. The molecular formula is C16H22N2O4. The predicted octanol–water partition coefficient (Wildman–Crippen LogP) is 1.57. The average molecular weight is 306 g/mol. The summed E-state index contributed by atoms with van der Waals surface area (Å²) in [7, 11) is 1.30. The van der Waals surface area contributed by atoms with Crippen LogP contribution in [0.5, 0.6) is 0 Å². The third-order valence-electron chi connectivity index (χ3n) is 5.04. The van der Waals surface area contributed by atoms with Crippen molar-refractivity contribution >= 4 is 11.9 Å². The number of nitrogens with one attached hydrogen (secondary N) is 1. The number of hydrogen-bond donors (Lipinski definition) is 2. The number of methoxy groups -OCH3 is 1. The van der Waals surface area contributed by atoms with Crippen LogP contribution in [0.4, 0.5) is 0 Å². The van der Waals surface area contributed by atoms with Crippen LogP contribution in [0.15, 0.2) is 12.1 Å². The van der Waals surface area contributed by atoms with Gasteiger partial charge in [-0.05, 0) is 31.4 Å². The van der Waals surface area contributed by atoms with Crippen molar-refractivity contribution in [3.05, 3.63) is 23.5 Å². The zero-order valence-corrected chi connectivity index (χ0v) is 12.8. The van der Waals surface area contributed by atoms with Gasteiger partial charge in [0.2, 0.25) is 0 Å². The zero-order valence-electron chi connectivity index (χ0n) is 12.8. The van der Waals surface area contributed by atoms with Crippen molar-refractivity contribution in [3.63, 3.8) is 0 Å². The first kappa shape index (κ1) is 15.1. The summed E-state index contributed by atoms with van der Waals surface area (Å²) < 4.78 is 4.63. The largest absolute Gasteiger partial charge is 0.464 e. The second kappa shape index (κ2) is 5.76. The third kappa shape index (κ3) is 2.63. The Balaban J connectivity index is 1.70. The van der Waals surface area contributed by atoms with Crippen molar-refractivity contribution in [2.24, 2.45) is 5.92 Å². The van der Waals surface area contributed by atoms with E-state index in [0.717, 1.165) is 25.7 Å². The van der Waals surface area contributed by atoms with E-state index in [9.17, 15) is 14.7 Å². The summed E-state index contributed by atoms with van der Waals surface area (Å²) in [4.78, 5) is 28.6. The lowest BCUT2D eigenvalue weighted by Crippen LogP contribution is -2.54. The molecule has 6 heteroatoms. The minimum atomic E-state index is -0.595. The van der Waals surface area contributed by atoms with Crippen LogP contribution in [0, 0.1) is 5.92 Å². The molecule has 120 valence electrons. The summed E-state index contributed by atoms with van der Waals surface area (Å²) >= 11 is 0. The van der Waals surface area contributed by atoms with E-state index >= 15 is 0 Å². The Morgan fingerprint density at radius 3 is 2.86 bits per heavy atom. The maximum absolute atomic E-state index is 12.6. The first-order chi connectivity index (χ1) is 10.5. The molecule has 2 fully saturated rings. The molecule has 1 saturated carbocycles. The van der Waals surface area contributed by atoms with Gasteiger partial charge in [0.25, 0.3) is 5.91 Å². The number of rotatable bonds is 2. The van der Waals surface area contributed by atoms with E-state index in [0.29, 0.717) is 25.2 Å². The van der Waals surface area contributed by atoms with Gasteiger partial charge < -0.3 is 19.7 Å². The molecule has 2 unspecified atom stereocenters. The topological polar surface area (TPSA) is 82.6 Å². The quantitative estimate of drug-likeness (QED) is 0.813. The van der Waals surface area contributed by atoms with E-state index in [1.54, 1.807) is 17.0 Å². The standard InChI is InChI=1S/C16H22N2O4/c1-22-15(20)13-6-5-12(17-13)14(19)18-9-8-16(21)7-3-2-4-11(16)10-18/h5-6,11,17,21H,2-4,7-10H2,1H3. The summed E-state index contributed by atoms with van der Waals surface area (Å²) in [5.41, 5.74) is 0.0701. The summed E-state index contributed by atoms with van der Waals surface area (Å²) in [6.07, 6.45) is 4.63. The van der Waals surface area contributed by atoms with Gasteiger partial charge in [-0.25, -0.2) is 4.79 Å². The second-order valence-electron chi connectivity index (χ2n) is 6.32. The van der Waals surface area contributed by atoms with E-state index in [1.165, 1.54) is 7.11 Å². The van der Waals surface area contributed by atoms with E-state index in [-0.39, 0.29) is 17.5 Å². The number of ether oxygens (including phenoxy) is 1. The molecule has 0 bridgehead atoms. The van der Waals surface area contributed by atoms with Crippen molar-refractivity contribution < 1.29 is 19.4 Å². The highest BCUT2D eigenvalue weighted by atomic mass is 16.5. The van der Waals surface area contributed by atoms with Crippen LogP contribution in [0.2, 0.25) is 0 Å². The summed E-state index contributed by atoms with van der Waals surface area (Å²) in [6.45, 7) is 1.14. The highest BCUT2D eigenvalue weighted by molar-refractivity contribution is 5.95. The van der Waals surface area contributed by atoms with Crippen LogP contribution < -0.4 is 0 Å². The van der Waals surface area contributed by atoms with E-state index in [2.05, 4.69) is 9.72 Å². The van der Waals surface area contributed by atoms with E-state index < -0.39 is 11.6 Å². The number of nitrogens with zero attached hydrogens (tertiary/aromatic N) is 1. The van der Waals surface area contributed by atoms with Gasteiger partial charge >= 0.3 is 5.97 Å². The maximum Gasteiger partial charge on any atom is 0.354 e. The molecule has 1 aromatic rings. The van der Waals surface area contributed by atoms with Crippen molar-refractivity contribution in [1.82, 2.24) is 9.88 Å². The molecule has 2 aliphatic rings. The first-order valence-electron chi connectivity index (χ1n) is 7.82. The minimum Gasteiger partial charge on any atom is -0.464 e. The fraction of sp³-hybridized carbons (Fsp3) is 0.625. The molecule has 1 saturated heterocycles. The Morgan fingerprint density at radius 2 is 2.09 bits per heavy atom. The number of esters is 1. The Labute approximate surface area is 129 Å². The van der Waals surface area contributed by atoms with Crippen LogP contribution in [-0.4, -0.2) is 52.7 Å². The molecule has 6 nitrogen and oxygen atoms in total. The van der Waals surface area contributed by atoms with Gasteiger partial charge in [-0.15, -0.1) is 0 Å². The average Bonchev–Trinajstić information content (AvgIpc) is 3.02. The van der Waals surface area contributed by atoms with Crippen LogP contribution in [0.1, 0.15) is 53.1 Å². The molecule has 22 heavy (non-hydrogen) atoms. The number of fused-ring (bicyclic) bond motifs is 1. The molecule has 2 N–H and O–H groups in total. The van der Waals surface area contributed by atoms with Crippen LogP contribution in [0.3, 0.4) is 0 Å². The molecule has 1 aromatic heterocycles. The lowest BCUT2D eigenvalue weighted by molar-refractivity contribution is -0.0886. The summed E-state index contributed by atoms with van der Waals surface area (Å²) in [5, 5.41) is 10.7. The SMILES string of the molecule is COC(=O)c1ccc(C(=O)N2CCC3(O)CCCCC3C2)[nH]1. The molecular weight excluding hydrogens is 284 g/mol. The van der Waals surface area contributed by atoms with Gasteiger partial charge in [-0.3, -0.25) is 4.79 Å². The molecule has 1 amide bonds. The number of piperidine rings is 1. The number of carbonyl (C=O) groups is 2. The smallest absolute Gasteiger partial charge is 0.354 e. The monoisotopic (exact) mass is 306 g/mol.